The molecule has 1 aromatic carbocycles. The molecule has 0 amide bonds. The summed E-state index contributed by atoms with van der Waals surface area (Å²) in [6.07, 6.45) is 1.37. The highest BCUT2D eigenvalue weighted by Gasteiger charge is 2.33. The van der Waals surface area contributed by atoms with Crippen molar-refractivity contribution >= 4 is 5.69 Å². The maximum Gasteiger partial charge on any atom is 0.0681 e. The van der Waals surface area contributed by atoms with Crippen molar-refractivity contribution in [2.24, 2.45) is 11.8 Å². The Hall–Kier alpha value is -1.02. The molecule has 15 heavy (non-hydrogen) atoms. The summed E-state index contributed by atoms with van der Waals surface area (Å²) >= 11 is 0. The van der Waals surface area contributed by atoms with E-state index in [2.05, 4.69) is 31.0 Å². The van der Waals surface area contributed by atoms with Gasteiger partial charge < -0.3 is 10.0 Å². The molecule has 0 bridgehead atoms. The van der Waals surface area contributed by atoms with Crippen LogP contribution in [-0.2, 0) is 6.61 Å². The Morgan fingerprint density at radius 3 is 2.40 bits per heavy atom. The van der Waals surface area contributed by atoms with Crippen LogP contribution in [0.15, 0.2) is 24.3 Å². The number of hydrogen-bond donors (Lipinski definition) is 1. The molecule has 1 aliphatic carbocycles. The fraction of sp³-hybridized carbons (Fsp3) is 0.538. The molecule has 2 atom stereocenters. The van der Waals surface area contributed by atoms with Crippen molar-refractivity contribution in [2.45, 2.75) is 20.0 Å². The van der Waals surface area contributed by atoms with Crippen molar-refractivity contribution in [3.8, 4) is 0 Å². The fourth-order valence-electron chi connectivity index (χ4n) is 1.97. The van der Waals surface area contributed by atoms with E-state index in [4.69, 9.17) is 5.11 Å². The Labute approximate surface area is 91.5 Å². The zero-order valence-electron chi connectivity index (χ0n) is 9.48. The summed E-state index contributed by atoms with van der Waals surface area (Å²) in [7, 11) is 2.14. The molecule has 0 aliphatic heterocycles. The summed E-state index contributed by atoms with van der Waals surface area (Å²) in [5.41, 5.74) is 2.22. The van der Waals surface area contributed by atoms with Crippen LogP contribution in [0.5, 0.6) is 0 Å². The lowest BCUT2D eigenvalue weighted by Gasteiger charge is -2.19. The van der Waals surface area contributed by atoms with E-state index in [0.29, 0.717) is 0 Å². The minimum absolute atomic E-state index is 0.129. The van der Waals surface area contributed by atoms with Crippen LogP contribution in [-0.4, -0.2) is 18.7 Å². The third-order valence-electron chi connectivity index (χ3n) is 3.34. The zero-order chi connectivity index (χ0) is 10.8. The molecule has 1 aromatic rings. The maximum absolute atomic E-state index is 8.94. The zero-order valence-corrected chi connectivity index (χ0v) is 9.48. The molecule has 1 fully saturated rings. The normalized spacial score (nSPS) is 23.9. The first-order chi connectivity index (χ1) is 7.20. The van der Waals surface area contributed by atoms with E-state index in [1.807, 2.05) is 12.1 Å². The highest BCUT2D eigenvalue weighted by atomic mass is 16.3. The number of aliphatic hydroxyl groups excluding tert-OH is 1. The van der Waals surface area contributed by atoms with Crippen molar-refractivity contribution in [1.82, 2.24) is 0 Å². The molecular weight excluding hydrogens is 186 g/mol. The standard InChI is InChI=1S/C13H19NO/c1-10-7-12(10)8-14(2)13-5-3-11(9-15)4-6-13/h3-6,10,12,15H,7-9H2,1-2H3. The van der Waals surface area contributed by atoms with Crippen molar-refractivity contribution in [2.75, 3.05) is 18.5 Å². The van der Waals surface area contributed by atoms with Crippen LogP contribution in [0.3, 0.4) is 0 Å². The number of benzene rings is 1. The predicted octanol–water partition coefficient (Wildman–Crippen LogP) is 2.27. The van der Waals surface area contributed by atoms with Crippen LogP contribution in [0.2, 0.25) is 0 Å². The number of aliphatic hydroxyl groups is 1. The third kappa shape index (κ3) is 2.51. The molecule has 0 spiro atoms. The quantitative estimate of drug-likeness (QED) is 0.815. The van der Waals surface area contributed by atoms with E-state index in [-0.39, 0.29) is 6.61 Å². The van der Waals surface area contributed by atoms with Gasteiger partial charge in [-0.05, 0) is 36.0 Å². The van der Waals surface area contributed by atoms with Gasteiger partial charge in [0.05, 0.1) is 6.61 Å². The van der Waals surface area contributed by atoms with E-state index in [9.17, 15) is 0 Å². The van der Waals surface area contributed by atoms with Gasteiger partial charge in [0.25, 0.3) is 0 Å². The minimum atomic E-state index is 0.129. The smallest absolute Gasteiger partial charge is 0.0681 e. The molecule has 2 rings (SSSR count). The lowest BCUT2D eigenvalue weighted by Crippen LogP contribution is -2.20. The molecule has 2 heteroatoms. The van der Waals surface area contributed by atoms with Crippen LogP contribution in [0, 0.1) is 11.8 Å². The van der Waals surface area contributed by atoms with Gasteiger partial charge >= 0.3 is 0 Å². The first-order valence-corrected chi connectivity index (χ1v) is 5.61. The number of hydrogen-bond acceptors (Lipinski definition) is 2. The summed E-state index contributed by atoms with van der Waals surface area (Å²) in [6, 6.07) is 8.14. The Bertz CT molecular complexity index is 320. The number of anilines is 1. The molecule has 2 unspecified atom stereocenters. The number of rotatable bonds is 4. The van der Waals surface area contributed by atoms with Crippen LogP contribution >= 0.6 is 0 Å². The van der Waals surface area contributed by atoms with Crippen molar-refractivity contribution in [1.29, 1.82) is 0 Å². The van der Waals surface area contributed by atoms with E-state index in [1.165, 1.54) is 12.1 Å². The van der Waals surface area contributed by atoms with Gasteiger partial charge in [-0.25, -0.2) is 0 Å². The molecule has 0 heterocycles. The van der Waals surface area contributed by atoms with Gasteiger partial charge in [-0.2, -0.15) is 0 Å². The van der Waals surface area contributed by atoms with Gasteiger partial charge in [0, 0.05) is 19.3 Å². The topological polar surface area (TPSA) is 23.5 Å². The van der Waals surface area contributed by atoms with E-state index >= 15 is 0 Å². The molecule has 82 valence electrons. The molecule has 1 saturated carbocycles. The first kappa shape index (κ1) is 10.5. The second-order valence-electron chi connectivity index (χ2n) is 4.68. The Balaban J connectivity index is 1.95. The lowest BCUT2D eigenvalue weighted by molar-refractivity contribution is 0.282. The SMILES string of the molecule is CC1CC1CN(C)c1ccc(CO)cc1. The van der Waals surface area contributed by atoms with Gasteiger partial charge in [0.2, 0.25) is 0 Å². The minimum Gasteiger partial charge on any atom is -0.392 e. The number of nitrogens with zero attached hydrogens (tertiary/aromatic N) is 1. The predicted molar refractivity (Wildman–Crippen MR) is 62.9 cm³/mol. The highest BCUT2D eigenvalue weighted by Crippen LogP contribution is 2.38. The summed E-state index contributed by atoms with van der Waals surface area (Å²) < 4.78 is 0. The second kappa shape index (κ2) is 4.23. The largest absolute Gasteiger partial charge is 0.392 e. The van der Waals surface area contributed by atoms with Crippen LogP contribution in [0.1, 0.15) is 18.9 Å². The van der Waals surface area contributed by atoms with Gasteiger partial charge in [0.1, 0.15) is 0 Å². The van der Waals surface area contributed by atoms with Gasteiger partial charge in [0.15, 0.2) is 0 Å². The van der Waals surface area contributed by atoms with Crippen LogP contribution in [0.25, 0.3) is 0 Å². The van der Waals surface area contributed by atoms with Gasteiger partial charge in [-0.15, -0.1) is 0 Å². The Morgan fingerprint density at radius 2 is 1.93 bits per heavy atom. The van der Waals surface area contributed by atoms with E-state index < -0.39 is 0 Å². The summed E-state index contributed by atoms with van der Waals surface area (Å²) in [5.74, 6) is 1.79. The fourth-order valence-corrected chi connectivity index (χ4v) is 1.97. The average Bonchev–Trinajstić information content (AvgIpc) is 2.94. The highest BCUT2D eigenvalue weighted by molar-refractivity contribution is 5.47. The second-order valence-corrected chi connectivity index (χ2v) is 4.68. The summed E-state index contributed by atoms with van der Waals surface area (Å²) in [6.45, 7) is 3.59. The maximum atomic E-state index is 8.94. The molecule has 0 aromatic heterocycles. The van der Waals surface area contributed by atoms with Crippen molar-refractivity contribution in [3.63, 3.8) is 0 Å². The molecule has 2 nitrogen and oxygen atoms in total. The third-order valence-corrected chi connectivity index (χ3v) is 3.34. The Kier molecular flexibility index (Phi) is 2.96. The van der Waals surface area contributed by atoms with Crippen molar-refractivity contribution < 1.29 is 5.11 Å². The summed E-state index contributed by atoms with van der Waals surface area (Å²) in [4.78, 5) is 2.30. The molecule has 1 N–H and O–H groups in total. The van der Waals surface area contributed by atoms with E-state index in [1.54, 1.807) is 0 Å². The van der Waals surface area contributed by atoms with Crippen LogP contribution < -0.4 is 4.90 Å². The van der Waals surface area contributed by atoms with E-state index in [0.717, 1.165) is 23.9 Å². The molecule has 0 saturated heterocycles. The monoisotopic (exact) mass is 205 g/mol. The van der Waals surface area contributed by atoms with Gasteiger partial charge in [-0.3, -0.25) is 0 Å². The average molecular weight is 205 g/mol. The van der Waals surface area contributed by atoms with Crippen molar-refractivity contribution in [3.05, 3.63) is 29.8 Å². The first-order valence-electron chi connectivity index (χ1n) is 5.61. The molecular formula is C13H19NO. The molecule has 1 aliphatic rings. The molecule has 0 radical (unpaired) electrons. The summed E-state index contributed by atoms with van der Waals surface area (Å²) in [5, 5.41) is 8.94. The Morgan fingerprint density at radius 1 is 1.33 bits per heavy atom. The van der Waals surface area contributed by atoms with Gasteiger partial charge in [-0.1, -0.05) is 19.1 Å². The van der Waals surface area contributed by atoms with Crippen LogP contribution in [0.4, 0.5) is 5.69 Å². The lowest BCUT2D eigenvalue weighted by atomic mass is 10.2.